The van der Waals surface area contributed by atoms with Crippen molar-refractivity contribution in [3.8, 4) is 11.4 Å². The van der Waals surface area contributed by atoms with Gasteiger partial charge in [0.1, 0.15) is 0 Å². The van der Waals surface area contributed by atoms with Gasteiger partial charge in [-0.25, -0.2) is 0 Å². The molecule has 6 heteroatoms. The first-order valence-electron chi connectivity index (χ1n) is 9.57. The average Bonchev–Trinajstić information content (AvgIpc) is 3.33. The molecule has 1 fully saturated rings. The molecule has 0 unspecified atom stereocenters. The Morgan fingerprint density at radius 1 is 1.11 bits per heavy atom. The Balaban J connectivity index is 1.33. The fourth-order valence-electron chi connectivity index (χ4n) is 4.26. The average molecular weight is 375 g/mol. The van der Waals surface area contributed by atoms with Gasteiger partial charge in [0, 0.05) is 31.1 Å². The number of aryl methyl sites for hydroxylation is 1. The molecule has 2 aliphatic heterocycles. The van der Waals surface area contributed by atoms with Crippen molar-refractivity contribution < 1.29 is 14.1 Å². The zero-order valence-corrected chi connectivity index (χ0v) is 15.7. The number of ether oxygens (including phenoxy) is 1. The van der Waals surface area contributed by atoms with Gasteiger partial charge in [-0.15, -0.1) is 0 Å². The van der Waals surface area contributed by atoms with Crippen molar-refractivity contribution in [3.63, 3.8) is 0 Å². The zero-order chi connectivity index (χ0) is 19.1. The minimum absolute atomic E-state index is 0.0307. The van der Waals surface area contributed by atoms with Crippen LogP contribution < -0.4 is 0 Å². The zero-order valence-electron chi connectivity index (χ0n) is 15.7. The molecule has 1 aromatic heterocycles. The van der Waals surface area contributed by atoms with Gasteiger partial charge in [-0.2, -0.15) is 4.98 Å². The summed E-state index contributed by atoms with van der Waals surface area (Å²) in [4.78, 5) is 19.2. The van der Waals surface area contributed by atoms with E-state index in [9.17, 15) is 4.79 Å². The first-order valence-corrected chi connectivity index (χ1v) is 9.57. The molecule has 5 rings (SSSR count). The SMILES string of the molecule is Cc1nc(-c2cccc(C(=O)N3CCC4(CC3)OCc3ccccc34)c2)no1. The molecule has 0 atom stereocenters. The summed E-state index contributed by atoms with van der Waals surface area (Å²) in [6.07, 6.45) is 1.64. The number of amides is 1. The monoisotopic (exact) mass is 375 g/mol. The molecule has 2 aliphatic rings. The maximum absolute atomic E-state index is 13.1. The summed E-state index contributed by atoms with van der Waals surface area (Å²) >= 11 is 0. The molecule has 0 aliphatic carbocycles. The quantitative estimate of drug-likeness (QED) is 0.683. The molecule has 0 radical (unpaired) electrons. The Bertz CT molecular complexity index is 1030. The first-order chi connectivity index (χ1) is 13.6. The predicted molar refractivity (Wildman–Crippen MR) is 103 cm³/mol. The van der Waals surface area contributed by atoms with Crippen LogP contribution in [0.2, 0.25) is 0 Å². The van der Waals surface area contributed by atoms with Crippen LogP contribution in [-0.2, 0) is 16.9 Å². The summed E-state index contributed by atoms with van der Waals surface area (Å²) in [6.45, 7) is 3.77. The van der Waals surface area contributed by atoms with Crippen LogP contribution in [0, 0.1) is 6.92 Å². The summed E-state index contributed by atoms with van der Waals surface area (Å²) in [5.74, 6) is 1.04. The van der Waals surface area contributed by atoms with Crippen LogP contribution in [-0.4, -0.2) is 34.0 Å². The van der Waals surface area contributed by atoms with Gasteiger partial charge in [-0.1, -0.05) is 41.6 Å². The Morgan fingerprint density at radius 2 is 1.93 bits per heavy atom. The van der Waals surface area contributed by atoms with E-state index in [1.165, 1.54) is 11.1 Å². The minimum Gasteiger partial charge on any atom is -0.365 e. The second kappa shape index (κ2) is 6.56. The molecule has 28 heavy (non-hydrogen) atoms. The van der Waals surface area contributed by atoms with Crippen LogP contribution in [0.5, 0.6) is 0 Å². The molecule has 6 nitrogen and oxygen atoms in total. The number of rotatable bonds is 2. The van der Waals surface area contributed by atoms with Gasteiger partial charge in [-0.05, 0) is 36.1 Å². The van der Waals surface area contributed by atoms with Crippen LogP contribution in [0.3, 0.4) is 0 Å². The highest BCUT2D eigenvalue weighted by atomic mass is 16.5. The molecule has 3 heterocycles. The number of likely N-dealkylation sites (tertiary alicyclic amines) is 1. The van der Waals surface area contributed by atoms with E-state index in [-0.39, 0.29) is 11.5 Å². The van der Waals surface area contributed by atoms with Crippen LogP contribution in [0.1, 0.15) is 40.2 Å². The lowest BCUT2D eigenvalue weighted by atomic mass is 9.83. The van der Waals surface area contributed by atoms with Gasteiger partial charge >= 0.3 is 0 Å². The third-order valence-electron chi connectivity index (χ3n) is 5.77. The number of hydrogen-bond donors (Lipinski definition) is 0. The summed E-state index contributed by atoms with van der Waals surface area (Å²) < 4.78 is 11.2. The fraction of sp³-hybridized carbons (Fsp3) is 0.318. The molecule has 1 amide bonds. The van der Waals surface area contributed by atoms with E-state index in [0.29, 0.717) is 37.0 Å². The summed E-state index contributed by atoms with van der Waals surface area (Å²) in [5, 5.41) is 3.94. The summed E-state index contributed by atoms with van der Waals surface area (Å²) in [5.41, 5.74) is 3.74. The van der Waals surface area contributed by atoms with E-state index in [1.807, 2.05) is 29.2 Å². The van der Waals surface area contributed by atoms with Crippen LogP contribution in [0.25, 0.3) is 11.4 Å². The van der Waals surface area contributed by atoms with Gasteiger partial charge in [0.15, 0.2) is 0 Å². The molecule has 0 saturated carbocycles. The Labute approximate surface area is 163 Å². The van der Waals surface area contributed by atoms with Crippen molar-refractivity contribution in [2.75, 3.05) is 13.1 Å². The third kappa shape index (κ3) is 2.81. The van der Waals surface area contributed by atoms with Crippen LogP contribution in [0.15, 0.2) is 53.1 Å². The minimum atomic E-state index is -0.239. The van der Waals surface area contributed by atoms with E-state index < -0.39 is 0 Å². The molecule has 1 saturated heterocycles. The normalized spacial score (nSPS) is 17.7. The second-order valence-corrected chi connectivity index (χ2v) is 7.45. The largest absolute Gasteiger partial charge is 0.365 e. The van der Waals surface area contributed by atoms with Gasteiger partial charge in [-0.3, -0.25) is 4.79 Å². The topological polar surface area (TPSA) is 68.5 Å². The van der Waals surface area contributed by atoms with Crippen molar-refractivity contribution in [1.29, 1.82) is 0 Å². The fourth-order valence-corrected chi connectivity index (χ4v) is 4.26. The molecule has 142 valence electrons. The number of hydrogen-bond acceptors (Lipinski definition) is 5. The van der Waals surface area contributed by atoms with Crippen molar-refractivity contribution >= 4 is 5.91 Å². The molecule has 3 aromatic rings. The molecular weight excluding hydrogens is 354 g/mol. The molecule has 2 aromatic carbocycles. The summed E-state index contributed by atoms with van der Waals surface area (Å²) in [6, 6.07) is 15.8. The number of carbonyl (C=O) groups is 1. The third-order valence-corrected chi connectivity index (χ3v) is 5.77. The maximum atomic E-state index is 13.1. The summed E-state index contributed by atoms with van der Waals surface area (Å²) in [7, 11) is 0. The molecule has 1 spiro atoms. The lowest BCUT2D eigenvalue weighted by Crippen LogP contribution is -2.45. The number of aromatic nitrogens is 2. The van der Waals surface area contributed by atoms with Crippen molar-refractivity contribution in [2.24, 2.45) is 0 Å². The van der Waals surface area contributed by atoms with Crippen molar-refractivity contribution in [2.45, 2.75) is 32.0 Å². The van der Waals surface area contributed by atoms with E-state index in [0.717, 1.165) is 18.4 Å². The van der Waals surface area contributed by atoms with Crippen molar-refractivity contribution in [1.82, 2.24) is 15.0 Å². The van der Waals surface area contributed by atoms with Gasteiger partial charge < -0.3 is 14.2 Å². The highest BCUT2D eigenvalue weighted by Gasteiger charge is 2.43. The molecule has 0 N–H and O–H groups in total. The van der Waals surface area contributed by atoms with E-state index in [1.54, 1.807) is 6.92 Å². The van der Waals surface area contributed by atoms with E-state index in [2.05, 4.69) is 34.4 Å². The number of nitrogens with zero attached hydrogens (tertiary/aromatic N) is 3. The smallest absolute Gasteiger partial charge is 0.253 e. The number of benzene rings is 2. The van der Waals surface area contributed by atoms with E-state index in [4.69, 9.17) is 9.26 Å². The standard InChI is InChI=1S/C22H21N3O3/c1-15-23-20(24-28-15)16-6-4-7-17(13-16)21(26)25-11-9-22(10-12-25)19-8-3-2-5-18(19)14-27-22/h2-8,13H,9-12,14H2,1H3. The second-order valence-electron chi connectivity index (χ2n) is 7.45. The highest BCUT2D eigenvalue weighted by Crippen LogP contribution is 2.44. The Hall–Kier alpha value is -2.99. The van der Waals surface area contributed by atoms with Gasteiger partial charge in [0.25, 0.3) is 5.91 Å². The van der Waals surface area contributed by atoms with Crippen LogP contribution >= 0.6 is 0 Å². The first kappa shape index (κ1) is 17.1. The number of fused-ring (bicyclic) bond motifs is 2. The lowest BCUT2D eigenvalue weighted by molar-refractivity contribution is -0.0741. The number of carbonyl (C=O) groups excluding carboxylic acids is 1. The molecular formula is C22H21N3O3. The Kier molecular flexibility index (Phi) is 4.02. The predicted octanol–water partition coefficient (Wildman–Crippen LogP) is 3.71. The van der Waals surface area contributed by atoms with Gasteiger partial charge in [0.2, 0.25) is 11.7 Å². The Morgan fingerprint density at radius 3 is 2.71 bits per heavy atom. The van der Waals surface area contributed by atoms with E-state index >= 15 is 0 Å². The molecule has 0 bridgehead atoms. The number of piperidine rings is 1. The highest BCUT2D eigenvalue weighted by molar-refractivity contribution is 5.95. The van der Waals surface area contributed by atoms with Crippen LogP contribution in [0.4, 0.5) is 0 Å². The van der Waals surface area contributed by atoms with Gasteiger partial charge in [0.05, 0.1) is 12.2 Å². The maximum Gasteiger partial charge on any atom is 0.253 e. The lowest BCUT2D eigenvalue weighted by Gasteiger charge is -2.39. The van der Waals surface area contributed by atoms with Crippen molar-refractivity contribution in [3.05, 3.63) is 71.1 Å².